The maximum atomic E-state index is 12.3. The van der Waals surface area contributed by atoms with Crippen LogP contribution in [-0.2, 0) is 23.8 Å². The molecule has 8 nitrogen and oxygen atoms in total. The number of nitrogens with zero attached hydrogens (tertiary/aromatic N) is 1. The molecule has 3 N–H and O–H groups in total. The molecule has 0 unspecified atom stereocenters. The molecule has 8 heteroatoms. The number of carbonyl (C=O) groups excluding carboxylic acids is 2. The van der Waals surface area contributed by atoms with Crippen molar-refractivity contribution in [3.63, 3.8) is 0 Å². The first-order valence-corrected chi connectivity index (χ1v) is 8.88. The van der Waals surface area contributed by atoms with Gasteiger partial charge < -0.3 is 30.0 Å². The molecule has 0 bridgehead atoms. The van der Waals surface area contributed by atoms with E-state index in [0.717, 1.165) is 0 Å². The number of aliphatic hydroxyl groups is 1. The van der Waals surface area contributed by atoms with Crippen LogP contribution in [0.15, 0.2) is 0 Å². The summed E-state index contributed by atoms with van der Waals surface area (Å²) in [6, 6.07) is 0. The number of hydrogen-bond acceptors (Lipinski definition) is 7. The van der Waals surface area contributed by atoms with Gasteiger partial charge in [0.05, 0.1) is 6.10 Å². The van der Waals surface area contributed by atoms with E-state index in [2.05, 4.69) is 0 Å². The summed E-state index contributed by atoms with van der Waals surface area (Å²) in [6.07, 6.45) is -0.984. The van der Waals surface area contributed by atoms with Gasteiger partial charge in [-0.15, -0.1) is 0 Å². The zero-order chi connectivity index (χ0) is 18.4. The molecule has 0 saturated carbocycles. The van der Waals surface area contributed by atoms with Crippen molar-refractivity contribution in [2.45, 2.75) is 82.4 Å². The quantitative estimate of drug-likeness (QED) is 0.677. The Balaban J connectivity index is 1.46. The predicted molar refractivity (Wildman–Crippen MR) is 87.4 cm³/mol. The van der Waals surface area contributed by atoms with Crippen LogP contribution in [0.1, 0.15) is 46.5 Å². The SMILES string of the molecule is CC1(N)CCN(C(=O)C(=O)CC[C@H]2O[C@@H]3OC(C)(C)O[C@@H]3[C@H]2O)CC1. The molecular formula is C17H28N2O6. The molecule has 3 rings (SSSR count). The summed E-state index contributed by atoms with van der Waals surface area (Å²) in [6.45, 7) is 6.47. The normalized spacial score (nSPS) is 36.3. The molecule has 0 radical (unpaired) electrons. The van der Waals surface area contributed by atoms with Crippen LogP contribution in [0.4, 0.5) is 0 Å². The van der Waals surface area contributed by atoms with E-state index < -0.39 is 42.1 Å². The van der Waals surface area contributed by atoms with Crippen LogP contribution in [0, 0.1) is 0 Å². The molecule has 3 aliphatic heterocycles. The summed E-state index contributed by atoms with van der Waals surface area (Å²) in [5, 5.41) is 10.3. The van der Waals surface area contributed by atoms with Crippen LogP contribution >= 0.6 is 0 Å². The lowest BCUT2D eigenvalue weighted by molar-refractivity contribution is -0.215. The average molecular weight is 356 g/mol. The van der Waals surface area contributed by atoms with Crippen LogP contribution in [0.2, 0.25) is 0 Å². The molecular weight excluding hydrogens is 328 g/mol. The number of carbonyl (C=O) groups is 2. The van der Waals surface area contributed by atoms with Crippen molar-refractivity contribution in [1.29, 1.82) is 0 Å². The Morgan fingerprint density at radius 1 is 1.20 bits per heavy atom. The number of nitrogens with two attached hydrogens (primary N) is 1. The Morgan fingerprint density at radius 2 is 1.84 bits per heavy atom. The van der Waals surface area contributed by atoms with E-state index in [1.54, 1.807) is 18.7 Å². The topological polar surface area (TPSA) is 111 Å². The number of Topliss-reactive ketones (excluding diaryl/α,β-unsaturated/α-hetero) is 1. The van der Waals surface area contributed by atoms with Gasteiger partial charge in [-0.05, 0) is 40.0 Å². The van der Waals surface area contributed by atoms with Crippen molar-refractivity contribution in [3.05, 3.63) is 0 Å². The van der Waals surface area contributed by atoms with Crippen molar-refractivity contribution in [1.82, 2.24) is 4.90 Å². The largest absolute Gasteiger partial charge is 0.387 e. The van der Waals surface area contributed by atoms with Crippen molar-refractivity contribution < 1.29 is 28.9 Å². The number of likely N-dealkylation sites (tertiary alicyclic amines) is 1. The highest BCUT2D eigenvalue weighted by Crippen LogP contribution is 2.38. The van der Waals surface area contributed by atoms with Crippen molar-refractivity contribution in [3.8, 4) is 0 Å². The monoisotopic (exact) mass is 356 g/mol. The maximum absolute atomic E-state index is 12.3. The number of rotatable bonds is 4. The third-order valence-electron chi connectivity index (χ3n) is 5.20. The van der Waals surface area contributed by atoms with E-state index in [9.17, 15) is 14.7 Å². The van der Waals surface area contributed by atoms with E-state index in [0.29, 0.717) is 25.9 Å². The first-order chi connectivity index (χ1) is 11.6. The van der Waals surface area contributed by atoms with Gasteiger partial charge in [-0.1, -0.05) is 0 Å². The van der Waals surface area contributed by atoms with Gasteiger partial charge in [0.25, 0.3) is 5.91 Å². The smallest absolute Gasteiger partial charge is 0.289 e. The zero-order valence-electron chi connectivity index (χ0n) is 15.1. The molecule has 0 aromatic rings. The van der Waals surface area contributed by atoms with Crippen LogP contribution in [0.5, 0.6) is 0 Å². The summed E-state index contributed by atoms with van der Waals surface area (Å²) in [5.41, 5.74) is 5.78. The number of amides is 1. The molecule has 142 valence electrons. The second kappa shape index (κ2) is 6.59. The summed E-state index contributed by atoms with van der Waals surface area (Å²) in [5.74, 6) is -1.73. The summed E-state index contributed by atoms with van der Waals surface area (Å²) in [4.78, 5) is 26.0. The number of piperidine rings is 1. The van der Waals surface area contributed by atoms with Gasteiger partial charge in [0.15, 0.2) is 12.1 Å². The average Bonchev–Trinajstić information content (AvgIpc) is 2.97. The van der Waals surface area contributed by atoms with Gasteiger partial charge in [-0.2, -0.15) is 0 Å². The van der Waals surface area contributed by atoms with E-state index in [-0.39, 0.29) is 18.4 Å². The maximum Gasteiger partial charge on any atom is 0.289 e. The molecule has 0 aromatic carbocycles. The van der Waals surface area contributed by atoms with Crippen molar-refractivity contribution >= 4 is 11.7 Å². The van der Waals surface area contributed by atoms with E-state index in [1.807, 2.05) is 6.92 Å². The fourth-order valence-corrected chi connectivity index (χ4v) is 3.57. The Hall–Kier alpha value is -1.06. The van der Waals surface area contributed by atoms with Gasteiger partial charge in [-0.25, -0.2) is 0 Å². The summed E-state index contributed by atoms with van der Waals surface area (Å²) >= 11 is 0. The molecule has 25 heavy (non-hydrogen) atoms. The van der Waals surface area contributed by atoms with E-state index in [4.69, 9.17) is 19.9 Å². The molecule has 0 aliphatic carbocycles. The minimum Gasteiger partial charge on any atom is -0.387 e. The van der Waals surface area contributed by atoms with Crippen molar-refractivity contribution in [2.24, 2.45) is 5.73 Å². The van der Waals surface area contributed by atoms with Gasteiger partial charge in [0.1, 0.15) is 12.2 Å². The third kappa shape index (κ3) is 4.03. The second-order valence-corrected chi connectivity index (χ2v) is 8.04. The van der Waals surface area contributed by atoms with E-state index >= 15 is 0 Å². The van der Waals surface area contributed by atoms with Crippen molar-refractivity contribution in [2.75, 3.05) is 13.1 Å². The van der Waals surface area contributed by atoms with Gasteiger partial charge in [-0.3, -0.25) is 9.59 Å². The predicted octanol–water partition coefficient (Wildman–Crippen LogP) is -0.0872. The summed E-state index contributed by atoms with van der Waals surface area (Å²) < 4.78 is 16.8. The molecule has 0 aromatic heterocycles. The molecule has 3 aliphatic rings. The van der Waals surface area contributed by atoms with Crippen LogP contribution < -0.4 is 5.73 Å². The lowest BCUT2D eigenvalue weighted by Crippen LogP contribution is -2.51. The first kappa shape index (κ1) is 18.7. The highest BCUT2D eigenvalue weighted by molar-refractivity contribution is 6.36. The molecule has 3 saturated heterocycles. The Morgan fingerprint density at radius 3 is 2.44 bits per heavy atom. The Kier molecular flexibility index (Phi) is 4.93. The lowest BCUT2D eigenvalue weighted by atomic mass is 9.91. The highest BCUT2D eigenvalue weighted by Gasteiger charge is 2.54. The van der Waals surface area contributed by atoms with Gasteiger partial charge >= 0.3 is 0 Å². The molecule has 3 fully saturated rings. The lowest BCUT2D eigenvalue weighted by Gasteiger charge is -2.36. The number of ether oxygens (including phenoxy) is 3. The third-order valence-corrected chi connectivity index (χ3v) is 5.20. The van der Waals surface area contributed by atoms with Crippen LogP contribution in [0.25, 0.3) is 0 Å². The minimum atomic E-state index is -0.873. The van der Waals surface area contributed by atoms with Gasteiger partial charge in [0.2, 0.25) is 5.78 Å². The standard InChI is InChI=1S/C17H28N2O6/c1-16(2)24-13-12(21)11(23-15(13)25-16)5-4-10(20)14(22)19-8-6-17(3,18)7-9-19/h11-13,15,21H,4-9,18H2,1-3H3/t11-,12+,13-,15-/m1/s1. The second-order valence-electron chi connectivity index (χ2n) is 8.04. The minimum absolute atomic E-state index is 0.0276. The summed E-state index contributed by atoms with van der Waals surface area (Å²) in [7, 11) is 0. The van der Waals surface area contributed by atoms with Gasteiger partial charge in [0, 0.05) is 25.0 Å². The highest BCUT2D eigenvalue weighted by atomic mass is 16.8. The number of aliphatic hydroxyl groups excluding tert-OH is 1. The Bertz CT molecular complexity index is 539. The number of ketones is 1. The molecule has 0 spiro atoms. The number of fused-ring (bicyclic) bond motifs is 1. The molecule has 4 atom stereocenters. The molecule has 3 heterocycles. The number of hydrogen-bond donors (Lipinski definition) is 2. The molecule has 1 amide bonds. The van der Waals surface area contributed by atoms with E-state index in [1.165, 1.54) is 0 Å². The Labute approximate surface area is 147 Å². The fraction of sp³-hybridized carbons (Fsp3) is 0.882. The fourth-order valence-electron chi connectivity index (χ4n) is 3.57. The zero-order valence-corrected chi connectivity index (χ0v) is 15.1. The van der Waals surface area contributed by atoms with Crippen LogP contribution in [-0.4, -0.2) is 70.7 Å². The first-order valence-electron chi connectivity index (χ1n) is 8.88. The van der Waals surface area contributed by atoms with Crippen LogP contribution in [0.3, 0.4) is 0 Å².